The van der Waals surface area contributed by atoms with E-state index >= 15 is 0 Å². The number of nitrogens with two attached hydrogens (primary N) is 2. The molecule has 0 amide bonds. The maximum absolute atomic E-state index is 5.56. The quantitative estimate of drug-likeness (QED) is 0.237. The lowest BCUT2D eigenvalue weighted by Crippen LogP contribution is -2.48. The maximum Gasteiger partial charge on any atom is 0.213 e. The maximum atomic E-state index is 5.56. The Morgan fingerprint density at radius 1 is 1.75 bits per heavy atom. The summed E-state index contributed by atoms with van der Waals surface area (Å²) in [5, 5.41) is 3.45. The normalized spacial score (nSPS) is 25.9. The Morgan fingerprint density at radius 2 is 2.50 bits per heavy atom. The number of hydrazone groups is 1. The third kappa shape index (κ3) is 2.01. The zero-order chi connectivity index (χ0) is 8.97. The Labute approximate surface area is 72.3 Å². The molecular weight excluding hydrogens is 156 g/mol. The zero-order valence-electron chi connectivity index (χ0n) is 7.36. The largest absolute Gasteiger partial charge is 0.375 e. The van der Waals surface area contributed by atoms with E-state index in [1.54, 1.807) is 0 Å². The van der Waals surface area contributed by atoms with Crippen molar-refractivity contribution in [1.82, 2.24) is 4.90 Å². The van der Waals surface area contributed by atoms with Crippen LogP contribution >= 0.6 is 0 Å². The lowest BCUT2D eigenvalue weighted by Gasteiger charge is -2.32. The van der Waals surface area contributed by atoms with Crippen LogP contribution in [0.15, 0.2) is 5.10 Å². The molecule has 12 heavy (non-hydrogen) atoms. The van der Waals surface area contributed by atoms with Gasteiger partial charge in [0, 0.05) is 13.1 Å². The number of morpholine rings is 1. The second-order valence-corrected chi connectivity index (χ2v) is 2.83. The highest BCUT2D eigenvalue weighted by Gasteiger charge is 2.19. The van der Waals surface area contributed by atoms with Crippen molar-refractivity contribution < 1.29 is 4.74 Å². The smallest absolute Gasteiger partial charge is 0.213 e. The molecule has 1 aliphatic rings. The molecule has 1 rings (SSSR count). The molecule has 5 heteroatoms. The van der Waals surface area contributed by atoms with E-state index in [9.17, 15) is 0 Å². The highest BCUT2D eigenvalue weighted by Crippen LogP contribution is 2.06. The molecule has 0 radical (unpaired) electrons. The van der Waals surface area contributed by atoms with E-state index in [-0.39, 0.29) is 6.10 Å². The van der Waals surface area contributed by atoms with Gasteiger partial charge in [0.15, 0.2) is 0 Å². The van der Waals surface area contributed by atoms with Gasteiger partial charge in [-0.2, -0.15) is 0 Å². The first-order valence-electron chi connectivity index (χ1n) is 4.17. The molecule has 0 saturated carbocycles. The minimum atomic E-state index is 0.263. The second-order valence-electron chi connectivity index (χ2n) is 2.83. The fraction of sp³-hybridized carbons (Fsp3) is 0.857. The van der Waals surface area contributed by atoms with Gasteiger partial charge < -0.3 is 21.2 Å². The van der Waals surface area contributed by atoms with Crippen LogP contribution in [0.25, 0.3) is 0 Å². The molecule has 1 atom stereocenters. The van der Waals surface area contributed by atoms with Gasteiger partial charge in [0.2, 0.25) is 5.96 Å². The average molecular weight is 172 g/mol. The second kappa shape index (κ2) is 4.15. The Bertz CT molecular complexity index is 171. The molecule has 1 unspecified atom stereocenters. The van der Waals surface area contributed by atoms with Gasteiger partial charge in [-0.3, -0.25) is 0 Å². The minimum Gasteiger partial charge on any atom is -0.375 e. The molecule has 0 aromatic heterocycles. The first-order valence-corrected chi connectivity index (χ1v) is 4.17. The van der Waals surface area contributed by atoms with Gasteiger partial charge in [-0.15, -0.1) is 5.10 Å². The summed E-state index contributed by atoms with van der Waals surface area (Å²) in [6.45, 7) is 4.37. The zero-order valence-corrected chi connectivity index (χ0v) is 7.36. The number of hydrogen-bond donors (Lipinski definition) is 2. The van der Waals surface area contributed by atoms with Gasteiger partial charge in [0.05, 0.1) is 12.7 Å². The third-order valence-corrected chi connectivity index (χ3v) is 2.05. The molecular formula is C7H16N4O. The van der Waals surface area contributed by atoms with E-state index < -0.39 is 0 Å². The van der Waals surface area contributed by atoms with Crippen LogP contribution in [0.3, 0.4) is 0 Å². The van der Waals surface area contributed by atoms with Gasteiger partial charge in [0.25, 0.3) is 0 Å². The standard InChI is InChI=1S/C7H16N4O/c1-2-6-5-11(3-4-12-6)7(8)10-9/h6H,2-5,9H2,1H3,(H2,8,10). The van der Waals surface area contributed by atoms with Crippen LogP contribution in [0.4, 0.5) is 0 Å². The van der Waals surface area contributed by atoms with Crippen LogP contribution in [0.1, 0.15) is 13.3 Å². The van der Waals surface area contributed by atoms with Crippen LogP contribution in [0.5, 0.6) is 0 Å². The summed E-state index contributed by atoms with van der Waals surface area (Å²) in [4.78, 5) is 1.94. The fourth-order valence-corrected chi connectivity index (χ4v) is 1.26. The molecule has 70 valence electrons. The molecule has 0 bridgehead atoms. The first kappa shape index (κ1) is 9.12. The SMILES string of the molecule is CCC1CN(C(N)=NN)CCO1. The van der Waals surface area contributed by atoms with Gasteiger partial charge in [-0.1, -0.05) is 6.92 Å². The predicted octanol–water partition coefficient (Wildman–Crippen LogP) is -0.714. The van der Waals surface area contributed by atoms with Crippen molar-refractivity contribution in [1.29, 1.82) is 0 Å². The molecule has 5 nitrogen and oxygen atoms in total. The number of guanidine groups is 1. The van der Waals surface area contributed by atoms with Crippen molar-refractivity contribution in [2.75, 3.05) is 19.7 Å². The lowest BCUT2D eigenvalue weighted by molar-refractivity contribution is -0.00744. The average Bonchev–Trinajstić information content (AvgIpc) is 2.17. The van der Waals surface area contributed by atoms with Crippen LogP contribution in [-0.2, 0) is 4.74 Å². The monoisotopic (exact) mass is 172 g/mol. The highest BCUT2D eigenvalue weighted by molar-refractivity contribution is 5.77. The van der Waals surface area contributed by atoms with E-state index in [1.807, 2.05) is 4.90 Å². The van der Waals surface area contributed by atoms with Crippen molar-refractivity contribution in [2.45, 2.75) is 19.4 Å². The molecule has 0 aromatic rings. The van der Waals surface area contributed by atoms with Crippen LogP contribution < -0.4 is 11.6 Å². The summed E-state index contributed by atoms with van der Waals surface area (Å²) in [5.41, 5.74) is 5.56. The minimum absolute atomic E-state index is 0.263. The summed E-state index contributed by atoms with van der Waals surface area (Å²) >= 11 is 0. The van der Waals surface area contributed by atoms with Crippen molar-refractivity contribution in [2.24, 2.45) is 16.7 Å². The van der Waals surface area contributed by atoms with E-state index in [1.165, 1.54) is 0 Å². The molecule has 1 fully saturated rings. The predicted molar refractivity (Wildman–Crippen MR) is 47.4 cm³/mol. The Morgan fingerprint density at radius 3 is 3.08 bits per heavy atom. The Kier molecular flexibility index (Phi) is 3.16. The highest BCUT2D eigenvalue weighted by atomic mass is 16.5. The summed E-state index contributed by atoms with van der Waals surface area (Å²) in [6.07, 6.45) is 1.26. The molecule has 1 saturated heterocycles. The molecule has 1 heterocycles. The number of hydrogen-bond acceptors (Lipinski definition) is 3. The summed E-state index contributed by atoms with van der Waals surface area (Å²) in [6, 6.07) is 0. The van der Waals surface area contributed by atoms with E-state index in [0.717, 1.165) is 19.5 Å². The number of nitrogens with zero attached hydrogens (tertiary/aromatic N) is 2. The molecule has 4 N–H and O–H groups in total. The van der Waals surface area contributed by atoms with Crippen LogP contribution in [0.2, 0.25) is 0 Å². The van der Waals surface area contributed by atoms with E-state index in [0.29, 0.717) is 12.6 Å². The van der Waals surface area contributed by atoms with E-state index in [2.05, 4.69) is 12.0 Å². The molecule has 1 aliphatic heterocycles. The summed E-state index contributed by atoms with van der Waals surface area (Å²) in [7, 11) is 0. The fourth-order valence-electron chi connectivity index (χ4n) is 1.26. The topological polar surface area (TPSA) is 76.9 Å². The summed E-state index contributed by atoms with van der Waals surface area (Å²) in [5.74, 6) is 5.47. The van der Waals surface area contributed by atoms with Crippen molar-refractivity contribution >= 4 is 5.96 Å². The molecule has 0 aliphatic carbocycles. The van der Waals surface area contributed by atoms with E-state index in [4.69, 9.17) is 16.3 Å². The van der Waals surface area contributed by atoms with Gasteiger partial charge >= 0.3 is 0 Å². The molecule has 0 spiro atoms. The van der Waals surface area contributed by atoms with Gasteiger partial charge in [-0.25, -0.2) is 0 Å². The molecule has 0 aromatic carbocycles. The lowest BCUT2D eigenvalue weighted by atomic mass is 10.2. The van der Waals surface area contributed by atoms with Gasteiger partial charge in [0.1, 0.15) is 0 Å². The first-order chi connectivity index (χ1) is 5.77. The third-order valence-electron chi connectivity index (χ3n) is 2.05. The Balaban J connectivity index is 2.45. The van der Waals surface area contributed by atoms with Gasteiger partial charge in [-0.05, 0) is 6.42 Å². The van der Waals surface area contributed by atoms with Crippen molar-refractivity contribution in [3.63, 3.8) is 0 Å². The Hall–Kier alpha value is -0.970. The van der Waals surface area contributed by atoms with Crippen LogP contribution in [0, 0.1) is 0 Å². The summed E-state index contributed by atoms with van der Waals surface area (Å²) < 4.78 is 5.46. The van der Waals surface area contributed by atoms with Crippen LogP contribution in [-0.4, -0.2) is 36.7 Å². The van der Waals surface area contributed by atoms with Crippen molar-refractivity contribution in [3.05, 3.63) is 0 Å². The number of rotatable bonds is 1. The number of ether oxygens (including phenoxy) is 1. The van der Waals surface area contributed by atoms with Crippen molar-refractivity contribution in [3.8, 4) is 0 Å².